The Bertz CT molecular complexity index is 1530. The van der Waals surface area contributed by atoms with Gasteiger partial charge in [-0.2, -0.15) is 26.3 Å². The van der Waals surface area contributed by atoms with Crippen molar-refractivity contribution in [3.05, 3.63) is 90.3 Å². The van der Waals surface area contributed by atoms with Crippen LogP contribution in [0.15, 0.2) is 84.1 Å². The molecule has 0 radical (unpaired) electrons. The Morgan fingerprint density at radius 1 is 0.867 bits per heavy atom. The molecule has 0 bridgehead atoms. The largest absolute Gasteiger partial charge is 0.389 e. The number of benzene rings is 2. The number of rotatable bonds is 11. The van der Waals surface area contributed by atoms with Crippen molar-refractivity contribution in [3.8, 4) is 0 Å². The quantitative estimate of drug-likeness (QED) is 0.258. The van der Waals surface area contributed by atoms with Gasteiger partial charge in [0.25, 0.3) is 5.91 Å². The lowest BCUT2D eigenvalue weighted by Crippen LogP contribution is -2.50. The summed E-state index contributed by atoms with van der Waals surface area (Å²) in [6, 6.07) is 18.6. The summed E-state index contributed by atoms with van der Waals surface area (Å²) in [6.07, 6.45) is -13.2. The van der Waals surface area contributed by atoms with Crippen LogP contribution in [-0.4, -0.2) is 46.9 Å². The van der Waals surface area contributed by atoms with E-state index in [1.54, 1.807) is 66.7 Å². The number of benzodiazepines with no additional fused rings is 1. The Morgan fingerprint density at radius 3 is 2.16 bits per heavy atom. The fraction of sp³-hybridized carbons (Fsp3) is 0.323. The molecule has 1 aromatic heterocycles. The summed E-state index contributed by atoms with van der Waals surface area (Å²) >= 11 is 0. The van der Waals surface area contributed by atoms with Crippen LogP contribution in [0.1, 0.15) is 43.2 Å². The minimum absolute atomic E-state index is 0.278. The van der Waals surface area contributed by atoms with Crippen molar-refractivity contribution in [1.29, 1.82) is 0 Å². The van der Waals surface area contributed by atoms with Crippen molar-refractivity contribution in [2.24, 2.45) is 22.6 Å². The maximum Gasteiger partial charge on any atom is 0.389 e. The normalized spacial score (nSPS) is 16.7. The molecule has 3 aromatic rings. The molecule has 3 N–H and O–H groups in total. The Hall–Kier alpha value is -4.75. The van der Waals surface area contributed by atoms with Crippen molar-refractivity contribution in [3.63, 3.8) is 0 Å². The van der Waals surface area contributed by atoms with Gasteiger partial charge in [-0.15, -0.1) is 0 Å². The first-order valence-electron chi connectivity index (χ1n) is 13.9. The van der Waals surface area contributed by atoms with Crippen LogP contribution in [0.3, 0.4) is 0 Å². The number of carbonyl (C=O) groups excluding carboxylic acids is 3. The maximum atomic E-state index is 14.1. The zero-order valence-corrected chi connectivity index (χ0v) is 23.7. The van der Waals surface area contributed by atoms with Gasteiger partial charge < -0.3 is 11.1 Å². The number of aromatic nitrogens is 1. The molecule has 0 aliphatic carbocycles. The zero-order chi connectivity index (χ0) is 32.8. The standard InChI is InChI=1S/C31H29F6N5O3/c32-30(33,34)15-6-12-21(26(38)43)22(14-16-31(35,36)37)28(44)41-27-29(45)42(20-10-7-17-39-18-20)24-13-5-4-11-23(24)25(40-27)19-8-2-1-3-9-19/h1-5,7-11,13,17-18,21-22,27H,6,12,14-16H2,(H2,38,43)(H,41,44). The van der Waals surface area contributed by atoms with Crippen molar-refractivity contribution in [1.82, 2.24) is 10.3 Å². The molecule has 3 amide bonds. The summed E-state index contributed by atoms with van der Waals surface area (Å²) in [6.45, 7) is 0. The fourth-order valence-electron chi connectivity index (χ4n) is 5.18. The molecule has 8 nitrogen and oxygen atoms in total. The number of halogens is 6. The Labute approximate surface area is 254 Å². The highest BCUT2D eigenvalue weighted by molar-refractivity contribution is 6.21. The average Bonchev–Trinajstić information content (AvgIpc) is 3.10. The summed E-state index contributed by atoms with van der Waals surface area (Å²) in [5.74, 6) is -6.67. The lowest BCUT2D eigenvalue weighted by molar-refractivity contribution is -0.147. The second kappa shape index (κ2) is 13.9. The molecule has 3 unspecified atom stereocenters. The molecule has 1 aliphatic rings. The monoisotopic (exact) mass is 633 g/mol. The highest BCUT2D eigenvalue weighted by atomic mass is 19.4. The van der Waals surface area contributed by atoms with Crippen molar-refractivity contribution in [2.75, 3.05) is 4.90 Å². The molecule has 0 saturated heterocycles. The number of carbonyl (C=O) groups is 3. The van der Waals surface area contributed by atoms with Crippen LogP contribution in [0, 0.1) is 11.8 Å². The van der Waals surface area contributed by atoms with Gasteiger partial charge in [-0.25, -0.2) is 4.99 Å². The predicted octanol–water partition coefficient (Wildman–Crippen LogP) is 5.83. The molecule has 0 fully saturated rings. The van der Waals surface area contributed by atoms with E-state index in [0.717, 1.165) is 0 Å². The van der Waals surface area contributed by atoms with Crippen LogP contribution >= 0.6 is 0 Å². The molecule has 2 aromatic carbocycles. The van der Waals surface area contributed by atoms with Gasteiger partial charge in [0, 0.05) is 42.0 Å². The van der Waals surface area contributed by atoms with E-state index in [1.807, 2.05) is 0 Å². The molecule has 14 heteroatoms. The van der Waals surface area contributed by atoms with Gasteiger partial charge in [-0.1, -0.05) is 48.5 Å². The molecule has 45 heavy (non-hydrogen) atoms. The number of hydrogen-bond donors (Lipinski definition) is 2. The number of nitrogens with one attached hydrogen (secondary N) is 1. The number of anilines is 2. The lowest BCUT2D eigenvalue weighted by Gasteiger charge is -2.28. The van der Waals surface area contributed by atoms with Gasteiger partial charge in [0.05, 0.1) is 23.3 Å². The number of nitrogens with two attached hydrogens (primary N) is 1. The molecule has 1 aliphatic heterocycles. The van der Waals surface area contributed by atoms with Crippen LogP contribution in [0.25, 0.3) is 0 Å². The number of pyridine rings is 1. The number of aliphatic imine (C=N–C) groups is 1. The van der Waals surface area contributed by atoms with E-state index in [0.29, 0.717) is 22.5 Å². The van der Waals surface area contributed by atoms with Crippen LogP contribution in [0.5, 0.6) is 0 Å². The average molecular weight is 634 g/mol. The number of primary amides is 1. The summed E-state index contributed by atoms with van der Waals surface area (Å²) in [5, 5.41) is 2.39. The van der Waals surface area contributed by atoms with Gasteiger partial charge >= 0.3 is 12.4 Å². The van der Waals surface area contributed by atoms with Crippen molar-refractivity contribution >= 4 is 34.8 Å². The molecule has 3 atom stereocenters. The van der Waals surface area contributed by atoms with Gasteiger partial charge in [-0.3, -0.25) is 24.3 Å². The minimum Gasteiger partial charge on any atom is -0.369 e. The first-order chi connectivity index (χ1) is 21.2. The number of nitrogens with zero attached hydrogens (tertiary/aromatic N) is 3. The third-order valence-electron chi connectivity index (χ3n) is 7.25. The Balaban J connectivity index is 1.77. The van der Waals surface area contributed by atoms with E-state index in [2.05, 4.69) is 15.3 Å². The van der Waals surface area contributed by atoms with Crippen molar-refractivity contribution < 1.29 is 40.7 Å². The Kier molecular flexibility index (Phi) is 10.2. The van der Waals surface area contributed by atoms with Gasteiger partial charge in [-0.05, 0) is 37.5 Å². The number of fused-ring (bicyclic) bond motifs is 1. The number of amides is 3. The second-order valence-corrected chi connectivity index (χ2v) is 10.4. The van der Waals surface area contributed by atoms with E-state index in [4.69, 9.17) is 5.73 Å². The number of alkyl halides is 6. The highest BCUT2D eigenvalue weighted by Crippen LogP contribution is 2.35. The SMILES string of the molecule is NC(=O)C(CCCC(F)(F)F)C(CCC(F)(F)F)C(=O)NC1N=C(c2ccccc2)c2ccccc2N(c2cccnc2)C1=O. The smallest absolute Gasteiger partial charge is 0.369 e. The highest BCUT2D eigenvalue weighted by Gasteiger charge is 2.40. The third-order valence-corrected chi connectivity index (χ3v) is 7.25. The second-order valence-electron chi connectivity index (χ2n) is 10.4. The topological polar surface area (TPSA) is 118 Å². The molecular weight excluding hydrogens is 604 g/mol. The van der Waals surface area contributed by atoms with Crippen molar-refractivity contribution in [2.45, 2.75) is 50.6 Å². The number of hydrogen-bond acceptors (Lipinski definition) is 5. The van der Waals surface area contributed by atoms with Gasteiger partial charge in [0.1, 0.15) is 0 Å². The third kappa shape index (κ3) is 8.67. The van der Waals surface area contributed by atoms with Gasteiger partial charge in [0.15, 0.2) is 0 Å². The summed E-state index contributed by atoms with van der Waals surface area (Å²) < 4.78 is 78.3. The molecule has 4 rings (SSSR count). The molecular formula is C31H29F6N5O3. The molecule has 0 spiro atoms. The van der Waals surface area contributed by atoms with E-state index in [-0.39, 0.29) is 5.71 Å². The summed E-state index contributed by atoms with van der Waals surface area (Å²) in [5.41, 5.74) is 7.42. The van der Waals surface area contributed by atoms with E-state index >= 15 is 0 Å². The van der Waals surface area contributed by atoms with Crippen LogP contribution < -0.4 is 16.0 Å². The lowest BCUT2D eigenvalue weighted by atomic mass is 9.83. The minimum atomic E-state index is -4.75. The van der Waals surface area contributed by atoms with Crippen LogP contribution in [0.2, 0.25) is 0 Å². The predicted molar refractivity (Wildman–Crippen MR) is 153 cm³/mol. The summed E-state index contributed by atoms with van der Waals surface area (Å²) in [7, 11) is 0. The van der Waals surface area contributed by atoms with Gasteiger partial charge in [0.2, 0.25) is 18.0 Å². The Morgan fingerprint density at radius 2 is 1.53 bits per heavy atom. The zero-order valence-electron chi connectivity index (χ0n) is 23.7. The first kappa shape index (κ1) is 33.1. The molecule has 2 heterocycles. The maximum absolute atomic E-state index is 14.1. The molecule has 0 saturated carbocycles. The van der Waals surface area contributed by atoms with E-state index < -0.39 is 80.2 Å². The van der Waals surface area contributed by atoms with Crippen LogP contribution in [0.4, 0.5) is 37.7 Å². The van der Waals surface area contributed by atoms with E-state index in [9.17, 15) is 40.7 Å². The fourth-order valence-corrected chi connectivity index (χ4v) is 5.18. The van der Waals surface area contributed by atoms with E-state index in [1.165, 1.54) is 17.3 Å². The molecule has 238 valence electrons. The first-order valence-corrected chi connectivity index (χ1v) is 13.9. The van der Waals surface area contributed by atoms with Crippen LogP contribution in [-0.2, 0) is 14.4 Å². The number of para-hydroxylation sites is 1. The summed E-state index contributed by atoms with van der Waals surface area (Å²) in [4.78, 5) is 50.0.